The Morgan fingerprint density at radius 3 is 2.69 bits per heavy atom. The molecule has 0 unspecified atom stereocenters. The molecule has 1 fully saturated rings. The summed E-state index contributed by atoms with van der Waals surface area (Å²) in [6.45, 7) is 4.70. The first-order valence-corrected chi connectivity index (χ1v) is 6.87. The van der Waals surface area contributed by atoms with Gasteiger partial charge in [-0.2, -0.15) is 11.8 Å². The maximum Gasteiger partial charge on any atom is 0.00580 e. The summed E-state index contributed by atoms with van der Waals surface area (Å²) < 4.78 is 0. The largest absolute Gasteiger partial charge is 0.316 e. The van der Waals surface area contributed by atoms with Gasteiger partial charge in [0.15, 0.2) is 0 Å². The Morgan fingerprint density at radius 1 is 1.23 bits per heavy atom. The van der Waals surface area contributed by atoms with Crippen LogP contribution in [0.1, 0.15) is 39.0 Å². The summed E-state index contributed by atoms with van der Waals surface area (Å²) in [7, 11) is 0. The molecule has 1 saturated carbocycles. The molecule has 0 atom stereocenters. The summed E-state index contributed by atoms with van der Waals surface area (Å²) in [6.07, 6.45) is 7.34. The fourth-order valence-corrected chi connectivity index (χ4v) is 2.56. The van der Waals surface area contributed by atoms with E-state index in [1.165, 1.54) is 56.7 Å². The van der Waals surface area contributed by atoms with Crippen molar-refractivity contribution in [3.8, 4) is 0 Å². The maximum absolute atomic E-state index is 3.57. The maximum atomic E-state index is 3.57. The van der Waals surface area contributed by atoms with Crippen molar-refractivity contribution in [1.29, 1.82) is 0 Å². The molecule has 78 valence electrons. The van der Waals surface area contributed by atoms with Gasteiger partial charge in [0.05, 0.1) is 0 Å². The van der Waals surface area contributed by atoms with Gasteiger partial charge >= 0.3 is 0 Å². The lowest BCUT2D eigenvalue weighted by molar-refractivity contribution is 0.345. The van der Waals surface area contributed by atoms with Crippen molar-refractivity contribution < 1.29 is 0 Å². The van der Waals surface area contributed by atoms with E-state index in [2.05, 4.69) is 12.2 Å². The molecule has 2 heteroatoms. The van der Waals surface area contributed by atoms with Gasteiger partial charge in [0, 0.05) is 12.3 Å². The van der Waals surface area contributed by atoms with Crippen LogP contribution in [0.4, 0.5) is 0 Å². The molecule has 1 N–H and O–H groups in total. The van der Waals surface area contributed by atoms with Crippen LogP contribution in [0.5, 0.6) is 0 Å². The number of hydrogen-bond acceptors (Lipinski definition) is 2. The SMILES string of the molecule is CCSCCNCC1CCCCC1. The molecule has 0 spiro atoms. The molecule has 0 aliphatic heterocycles. The first-order chi connectivity index (χ1) is 6.43. The average molecular weight is 201 g/mol. The minimum absolute atomic E-state index is 0.986. The summed E-state index contributed by atoms with van der Waals surface area (Å²) in [5.74, 6) is 3.52. The molecule has 1 rings (SSSR count). The Labute approximate surface area is 87.1 Å². The van der Waals surface area contributed by atoms with E-state index in [-0.39, 0.29) is 0 Å². The topological polar surface area (TPSA) is 12.0 Å². The molecule has 0 bridgehead atoms. The van der Waals surface area contributed by atoms with Crippen LogP contribution in [-0.2, 0) is 0 Å². The van der Waals surface area contributed by atoms with Crippen molar-refractivity contribution in [1.82, 2.24) is 5.32 Å². The second-order valence-electron chi connectivity index (χ2n) is 3.91. The van der Waals surface area contributed by atoms with E-state index >= 15 is 0 Å². The van der Waals surface area contributed by atoms with E-state index < -0.39 is 0 Å². The summed E-state index contributed by atoms with van der Waals surface area (Å²) in [5, 5.41) is 3.57. The van der Waals surface area contributed by atoms with Gasteiger partial charge in [0.2, 0.25) is 0 Å². The highest BCUT2D eigenvalue weighted by Gasteiger charge is 2.11. The van der Waals surface area contributed by atoms with E-state index in [9.17, 15) is 0 Å². The molecule has 0 saturated heterocycles. The van der Waals surface area contributed by atoms with Crippen molar-refractivity contribution in [2.75, 3.05) is 24.6 Å². The fraction of sp³-hybridized carbons (Fsp3) is 1.00. The third kappa shape index (κ3) is 5.58. The molecule has 0 heterocycles. The molecular formula is C11H23NS. The lowest BCUT2D eigenvalue weighted by Crippen LogP contribution is -2.26. The summed E-state index contributed by atoms with van der Waals surface area (Å²) in [6, 6.07) is 0. The molecule has 0 aromatic carbocycles. The van der Waals surface area contributed by atoms with Gasteiger partial charge in [0.1, 0.15) is 0 Å². The van der Waals surface area contributed by atoms with Crippen LogP contribution in [-0.4, -0.2) is 24.6 Å². The van der Waals surface area contributed by atoms with Gasteiger partial charge in [0.25, 0.3) is 0 Å². The van der Waals surface area contributed by atoms with Crippen molar-refractivity contribution in [3.63, 3.8) is 0 Å². The third-order valence-corrected chi connectivity index (χ3v) is 3.69. The zero-order chi connectivity index (χ0) is 9.36. The quantitative estimate of drug-likeness (QED) is 0.663. The number of rotatable bonds is 6. The van der Waals surface area contributed by atoms with Crippen LogP contribution in [0.15, 0.2) is 0 Å². The van der Waals surface area contributed by atoms with Gasteiger partial charge in [-0.3, -0.25) is 0 Å². The molecule has 0 aromatic rings. The predicted octanol–water partition coefficient (Wildman–Crippen LogP) is 2.91. The molecule has 0 radical (unpaired) electrons. The van der Waals surface area contributed by atoms with Crippen molar-refractivity contribution in [2.24, 2.45) is 5.92 Å². The highest BCUT2D eigenvalue weighted by Crippen LogP contribution is 2.22. The van der Waals surface area contributed by atoms with Gasteiger partial charge in [-0.1, -0.05) is 26.2 Å². The Kier molecular flexibility index (Phi) is 6.73. The van der Waals surface area contributed by atoms with E-state index in [1.807, 2.05) is 11.8 Å². The van der Waals surface area contributed by atoms with Crippen LogP contribution in [0.25, 0.3) is 0 Å². The number of nitrogens with one attached hydrogen (secondary N) is 1. The average Bonchev–Trinajstić information content (AvgIpc) is 2.19. The van der Waals surface area contributed by atoms with Gasteiger partial charge < -0.3 is 5.32 Å². The molecule has 0 amide bonds. The van der Waals surface area contributed by atoms with E-state index in [1.54, 1.807) is 0 Å². The predicted molar refractivity (Wildman–Crippen MR) is 62.4 cm³/mol. The van der Waals surface area contributed by atoms with Crippen LogP contribution in [0.2, 0.25) is 0 Å². The highest BCUT2D eigenvalue weighted by molar-refractivity contribution is 7.99. The minimum atomic E-state index is 0.986. The van der Waals surface area contributed by atoms with Gasteiger partial charge in [-0.05, 0) is 31.1 Å². The smallest absolute Gasteiger partial charge is 0.00580 e. The summed E-state index contributed by atoms with van der Waals surface area (Å²) >= 11 is 2.03. The summed E-state index contributed by atoms with van der Waals surface area (Å²) in [4.78, 5) is 0. The van der Waals surface area contributed by atoms with E-state index in [0.29, 0.717) is 0 Å². The highest BCUT2D eigenvalue weighted by atomic mass is 32.2. The second kappa shape index (κ2) is 7.69. The fourth-order valence-electron chi connectivity index (χ4n) is 1.99. The van der Waals surface area contributed by atoms with Crippen molar-refractivity contribution in [2.45, 2.75) is 39.0 Å². The van der Waals surface area contributed by atoms with Gasteiger partial charge in [-0.15, -0.1) is 0 Å². The zero-order valence-electron chi connectivity index (χ0n) is 8.85. The zero-order valence-corrected chi connectivity index (χ0v) is 9.67. The first-order valence-electron chi connectivity index (χ1n) is 5.72. The second-order valence-corrected chi connectivity index (χ2v) is 5.30. The Hall–Kier alpha value is 0.310. The molecular weight excluding hydrogens is 178 g/mol. The lowest BCUT2D eigenvalue weighted by atomic mass is 9.89. The molecule has 1 aliphatic rings. The molecule has 0 aromatic heterocycles. The van der Waals surface area contributed by atoms with E-state index in [0.717, 1.165) is 5.92 Å². The van der Waals surface area contributed by atoms with Crippen molar-refractivity contribution >= 4 is 11.8 Å². The normalized spacial score (nSPS) is 19.2. The van der Waals surface area contributed by atoms with Crippen LogP contribution in [0.3, 0.4) is 0 Å². The molecule has 1 aliphatic carbocycles. The number of hydrogen-bond donors (Lipinski definition) is 1. The van der Waals surface area contributed by atoms with E-state index in [4.69, 9.17) is 0 Å². The minimum Gasteiger partial charge on any atom is -0.316 e. The van der Waals surface area contributed by atoms with Crippen LogP contribution < -0.4 is 5.32 Å². The lowest BCUT2D eigenvalue weighted by Gasteiger charge is -2.21. The monoisotopic (exact) mass is 201 g/mol. The van der Waals surface area contributed by atoms with Crippen molar-refractivity contribution in [3.05, 3.63) is 0 Å². The van der Waals surface area contributed by atoms with Gasteiger partial charge in [-0.25, -0.2) is 0 Å². The third-order valence-electron chi connectivity index (χ3n) is 2.79. The summed E-state index contributed by atoms with van der Waals surface area (Å²) in [5.41, 5.74) is 0. The first kappa shape index (κ1) is 11.4. The Bertz CT molecular complexity index is 111. The van der Waals surface area contributed by atoms with Crippen LogP contribution >= 0.6 is 11.8 Å². The Balaban J connectivity index is 1.86. The standard InChI is InChI=1S/C11H23NS/c1-2-13-9-8-12-10-11-6-4-3-5-7-11/h11-12H,2-10H2,1H3. The molecule has 1 nitrogen and oxygen atoms in total. The van der Waals surface area contributed by atoms with Crippen LogP contribution in [0, 0.1) is 5.92 Å². The number of thioether (sulfide) groups is 1. The Morgan fingerprint density at radius 2 is 2.00 bits per heavy atom. The molecule has 13 heavy (non-hydrogen) atoms.